The van der Waals surface area contributed by atoms with Gasteiger partial charge in [-0.25, -0.2) is 4.79 Å². The molecule has 0 heterocycles. The zero-order chi connectivity index (χ0) is 11.3. The van der Waals surface area contributed by atoms with E-state index in [4.69, 9.17) is 9.84 Å². The summed E-state index contributed by atoms with van der Waals surface area (Å²) in [5, 5.41) is 11.8. The molecule has 1 atom stereocenters. The number of hydrogen-bond donors (Lipinski definition) is 2. The summed E-state index contributed by atoms with van der Waals surface area (Å²) < 4.78 is 5.04. The Morgan fingerprint density at radius 1 is 1.60 bits per heavy atom. The van der Waals surface area contributed by atoms with Crippen molar-refractivity contribution in [3.63, 3.8) is 0 Å². The largest absolute Gasteiger partial charge is 0.497 e. The van der Waals surface area contributed by atoms with Crippen LogP contribution in [0, 0.1) is 0 Å². The van der Waals surface area contributed by atoms with Crippen molar-refractivity contribution < 1.29 is 14.6 Å². The Morgan fingerprint density at radius 3 is 2.87 bits per heavy atom. The summed E-state index contributed by atoms with van der Waals surface area (Å²) in [5.41, 5.74) is 0.753. The molecule has 0 spiro atoms. The molecule has 0 radical (unpaired) electrons. The summed E-state index contributed by atoms with van der Waals surface area (Å²) in [6.07, 6.45) is 0.534. The maximum atomic E-state index is 10.8. The van der Waals surface area contributed by atoms with E-state index in [0.29, 0.717) is 12.2 Å². The van der Waals surface area contributed by atoms with Crippen LogP contribution >= 0.6 is 0 Å². The van der Waals surface area contributed by atoms with Gasteiger partial charge in [0.25, 0.3) is 0 Å². The molecule has 2 N–H and O–H groups in total. The minimum absolute atomic E-state index is 0.534. The monoisotopic (exact) mass is 209 g/mol. The highest BCUT2D eigenvalue weighted by Gasteiger charge is 2.14. The number of carboxylic acids is 1. The van der Waals surface area contributed by atoms with E-state index >= 15 is 0 Å². The fraction of sp³-hybridized carbons (Fsp3) is 0.364. The van der Waals surface area contributed by atoms with E-state index in [0.717, 1.165) is 5.69 Å². The Balaban J connectivity index is 2.74. The maximum absolute atomic E-state index is 10.8. The molecule has 0 saturated carbocycles. The molecule has 1 rings (SSSR count). The molecule has 0 aromatic heterocycles. The summed E-state index contributed by atoms with van der Waals surface area (Å²) in [7, 11) is 1.58. The minimum Gasteiger partial charge on any atom is -0.497 e. The molecular weight excluding hydrogens is 194 g/mol. The van der Waals surface area contributed by atoms with Crippen molar-refractivity contribution in [2.45, 2.75) is 19.4 Å². The predicted octanol–water partition coefficient (Wildman–Crippen LogP) is 1.97. The third kappa shape index (κ3) is 3.16. The molecule has 0 saturated heterocycles. The van der Waals surface area contributed by atoms with Gasteiger partial charge in [0.2, 0.25) is 0 Å². The Hall–Kier alpha value is -1.71. The summed E-state index contributed by atoms with van der Waals surface area (Å²) in [5.74, 6) is -0.138. The highest BCUT2D eigenvalue weighted by Crippen LogP contribution is 2.17. The lowest BCUT2D eigenvalue weighted by molar-refractivity contribution is -0.137. The Labute approximate surface area is 88.9 Å². The summed E-state index contributed by atoms with van der Waals surface area (Å²) in [4.78, 5) is 10.8. The third-order valence-electron chi connectivity index (χ3n) is 2.12. The number of methoxy groups -OCH3 is 1. The van der Waals surface area contributed by atoms with Crippen LogP contribution in [0.15, 0.2) is 24.3 Å². The number of anilines is 1. The van der Waals surface area contributed by atoms with Crippen molar-refractivity contribution in [3.8, 4) is 5.75 Å². The van der Waals surface area contributed by atoms with Gasteiger partial charge in [-0.1, -0.05) is 13.0 Å². The number of hydrogen-bond acceptors (Lipinski definition) is 3. The van der Waals surface area contributed by atoms with Crippen LogP contribution < -0.4 is 10.1 Å². The van der Waals surface area contributed by atoms with Crippen molar-refractivity contribution in [1.82, 2.24) is 0 Å². The van der Waals surface area contributed by atoms with Crippen molar-refractivity contribution in [3.05, 3.63) is 24.3 Å². The van der Waals surface area contributed by atoms with Gasteiger partial charge in [0.15, 0.2) is 0 Å². The number of benzene rings is 1. The molecule has 1 aromatic rings. The molecule has 1 aromatic carbocycles. The second kappa shape index (κ2) is 5.24. The van der Waals surface area contributed by atoms with Gasteiger partial charge in [0.1, 0.15) is 11.8 Å². The van der Waals surface area contributed by atoms with E-state index in [9.17, 15) is 4.79 Å². The quantitative estimate of drug-likeness (QED) is 0.778. The van der Waals surface area contributed by atoms with E-state index in [1.54, 1.807) is 13.2 Å². The van der Waals surface area contributed by atoms with Crippen LogP contribution in [-0.4, -0.2) is 24.2 Å². The van der Waals surface area contributed by atoms with E-state index in [1.165, 1.54) is 0 Å². The normalized spacial score (nSPS) is 11.9. The van der Waals surface area contributed by atoms with Crippen LogP contribution in [0.1, 0.15) is 13.3 Å². The zero-order valence-electron chi connectivity index (χ0n) is 8.86. The van der Waals surface area contributed by atoms with Crippen LogP contribution in [0.2, 0.25) is 0 Å². The molecule has 0 aliphatic rings. The lowest BCUT2D eigenvalue weighted by Crippen LogP contribution is -2.28. The number of nitrogens with one attached hydrogen (secondary N) is 1. The van der Waals surface area contributed by atoms with Gasteiger partial charge in [0.05, 0.1) is 7.11 Å². The fourth-order valence-electron chi connectivity index (χ4n) is 1.25. The summed E-state index contributed by atoms with van der Waals surface area (Å²) >= 11 is 0. The Kier molecular flexibility index (Phi) is 3.97. The lowest BCUT2D eigenvalue weighted by atomic mass is 10.2. The molecule has 0 unspecified atom stereocenters. The average Bonchev–Trinajstić information content (AvgIpc) is 2.25. The lowest BCUT2D eigenvalue weighted by Gasteiger charge is -2.14. The van der Waals surface area contributed by atoms with Gasteiger partial charge < -0.3 is 15.2 Å². The van der Waals surface area contributed by atoms with Gasteiger partial charge in [0, 0.05) is 11.8 Å². The number of aliphatic carboxylic acids is 1. The average molecular weight is 209 g/mol. The van der Waals surface area contributed by atoms with Gasteiger partial charge in [-0.05, 0) is 18.6 Å². The van der Waals surface area contributed by atoms with Gasteiger partial charge in [-0.2, -0.15) is 0 Å². The SMILES string of the molecule is CC[C@@H](Nc1cccc(OC)c1)C(=O)O. The molecule has 0 bridgehead atoms. The minimum atomic E-state index is -0.847. The molecule has 4 heteroatoms. The first-order chi connectivity index (χ1) is 7.17. The van der Waals surface area contributed by atoms with E-state index in [-0.39, 0.29) is 0 Å². The molecule has 0 fully saturated rings. The third-order valence-corrected chi connectivity index (χ3v) is 2.12. The summed E-state index contributed by atoms with van der Waals surface area (Å²) in [6, 6.07) is 6.65. The molecule has 0 aliphatic carbocycles. The first kappa shape index (κ1) is 11.4. The van der Waals surface area contributed by atoms with Gasteiger partial charge >= 0.3 is 5.97 Å². The highest BCUT2D eigenvalue weighted by molar-refractivity contribution is 5.77. The van der Waals surface area contributed by atoms with E-state index in [2.05, 4.69) is 5.32 Å². The van der Waals surface area contributed by atoms with Crippen molar-refractivity contribution in [2.24, 2.45) is 0 Å². The molecule has 0 amide bonds. The van der Waals surface area contributed by atoms with Gasteiger partial charge in [-0.15, -0.1) is 0 Å². The van der Waals surface area contributed by atoms with Crippen LogP contribution in [0.5, 0.6) is 5.75 Å². The first-order valence-electron chi connectivity index (χ1n) is 4.80. The summed E-state index contributed by atoms with van der Waals surface area (Å²) in [6.45, 7) is 1.83. The molecule has 15 heavy (non-hydrogen) atoms. The van der Waals surface area contributed by atoms with Crippen LogP contribution in [0.25, 0.3) is 0 Å². The second-order valence-corrected chi connectivity index (χ2v) is 3.18. The standard InChI is InChI=1S/C11H15NO3/c1-3-10(11(13)14)12-8-5-4-6-9(7-8)15-2/h4-7,10,12H,3H2,1-2H3,(H,13,14)/t10-/m1/s1. The molecular formula is C11H15NO3. The Bertz CT molecular complexity index is 338. The van der Waals surface area contributed by atoms with Crippen molar-refractivity contribution in [2.75, 3.05) is 12.4 Å². The van der Waals surface area contributed by atoms with Crippen LogP contribution in [0.4, 0.5) is 5.69 Å². The molecule has 4 nitrogen and oxygen atoms in total. The first-order valence-corrected chi connectivity index (χ1v) is 4.80. The Morgan fingerprint density at radius 2 is 2.33 bits per heavy atom. The number of carboxylic acid groups (broad SMARTS) is 1. The zero-order valence-corrected chi connectivity index (χ0v) is 8.86. The fourth-order valence-corrected chi connectivity index (χ4v) is 1.25. The smallest absolute Gasteiger partial charge is 0.326 e. The topological polar surface area (TPSA) is 58.6 Å². The van der Waals surface area contributed by atoms with Crippen molar-refractivity contribution in [1.29, 1.82) is 0 Å². The van der Waals surface area contributed by atoms with E-state index < -0.39 is 12.0 Å². The second-order valence-electron chi connectivity index (χ2n) is 3.18. The van der Waals surface area contributed by atoms with Gasteiger partial charge in [-0.3, -0.25) is 0 Å². The maximum Gasteiger partial charge on any atom is 0.326 e. The van der Waals surface area contributed by atoms with Crippen LogP contribution in [0.3, 0.4) is 0 Å². The molecule has 82 valence electrons. The number of ether oxygens (including phenoxy) is 1. The predicted molar refractivity (Wildman–Crippen MR) is 58.3 cm³/mol. The molecule has 0 aliphatic heterocycles. The van der Waals surface area contributed by atoms with E-state index in [1.807, 2.05) is 25.1 Å². The van der Waals surface area contributed by atoms with Crippen molar-refractivity contribution >= 4 is 11.7 Å². The number of rotatable bonds is 5. The van der Waals surface area contributed by atoms with Crippen LogP contribution in [-0.2, 0) is 4.79 Å². The number of carbonyl (C=O) groups is 1. The highest BCUT2D eigenvalue weighted by atomic mass is 16.5.